The first-order chi connectivity index (χ1) is 10.5. The second-order valence-corrected chi connectivity index (χ2v) is 4.72. The van der Waals surface area contributed by atoms with Gasteiger partial charge in [0.05, 0.1) is 16.9 Å². The molecule has 0 bridgehead atoms. The minimum atomic E-state index is -2.87. The number of hydrogen-bond donors (Lipinski definition) is 1. The summed E-state index contributed by atoms with van der Waals surface area (Å²) in [4.78, 5) is 4.23. The number of rotatable bonds is 5. The van der Waals surface area contributed by atoms with Crippen molar-refractivity contribution < 1.29 is 13.5 Å². The Labute approximate surface area is 127 Å². The second-order valence-electron chi connectivity index (χ2n) is 4.72. The Balaban J connectivity index is 2.23. The van der Waals surface area contributed by atoms with Crippen LogP contribution in [0.4, 0.5) is 14.5 Å². The van der Waals surface area contributed by atoms with Gasteiger partial charge in [-0.25, -0.2) is 0 Å². The monoisotopic (exact) mass is 303 g/mol. The van der Waals surface area contributed by atoms with E-state index in [4.69, 9.17) is 0 Å². The van der Waals surface area contributed by atoms with Crippen LogP contribution in [-0.4, -0.2) is 11.6 Å². The lowest BCUT2D eigenvalue weighted by molar-refractivity contribution is -0.0504. The minimum absolute atomic E-state index is 0.117. The van der Waals surface area contributed by atoms with Crippen molar-refractivity contribution in [2.75, 3.05) is 5.32 Å². The number of hydrogen-bond acceptors (Lipinski definition) is 4. The number of alkyl halides is 2. The van der Waals surface area contributed by atoms with Gasteiger partial charge in [-0.05, 0) is 26.0 Å². The molecule has 0 amide bonds. The van der Waals surface area contributed by atoms with Gasteiger partial charge in [-0.15, -0.1) is 0 Å². The van der Waals surface area contributed by atoms with Gasteiger partial charge < -0.3 is 10.1 Å². The van der Waals surface area contributed by atoms with E-state index >= 15 is 0 Å². The fraction of sp³-hybridized carbons (Fsp3) is 0.250. The van der Waals surface area contributed by atoms with Crippen LogP contribution in [0.25, 0.3) is 0 Å². The highest BCUT2D eigenvalue weighted by atomic mass is 19.3. The molecule has 2 aromatic rings. The summed E-state index contributed by atoms with van der Waals surface area (Å²) in [7, 11) is 0. The van der Waals surface area contributed by atoms with Crippen molar-refractivity contribution in [3.63, 3.8) is 0 Å². The number of nitrogens with zero attached hydrogens (tertiary/aromatic N) is 2. The molecule has 6 heteroatoms. The van der Waals surface area contributed by atoms with E-state index in [2.05, 4.69) is 21.1 Å². The average Bonchev–Trinajstić information content (AvgIpc) is 2.45. The molecule has 0 unspecified atom stereocenters. The van der Waals surface area contributed by atoms with Crippen molar-refractivity contribution in [1.82, 2.24) is 4.98 Å². The number of anilines is 1. The van der Waals surface area contributed by atoms with Crippen LogP contribution in [-0.2, 0) is 6.54 Å². The molecule has 114 valence electrons. The molecule has 0 atom stereocenters. The molecule has 1 heterocycles. The van der Waals surface area contributed by atoms with E-state index in [1.54, 1.807) is 31.2 Å². The highest BCUT2D eigenvalue weighted by Gasteiger charge is 2.11. The smallest absolute Gasteiger partial charge is 0.387 e. The average molecular weight is 303 g/mol. The van der Waals surface area contributed by atoms with Crippen molar-refractivity contribution >= 4 is 5.69 Å². The fourth-order valence-corrected chi connectivity index (χ4v) is 2.16. The zero-order valence-electron chi connectivity index (χ0n) is 12.2. The van der Waals surface area contributed by atoms with Crippen LogP contribution in [0.5, 0.6) is 5.75 Å². The van der Waals surface area contributed by atoms with Gasteiger partial charge in [-0.3, -0.25) is 4.98 Å². The number of para-hydroxylation sites is 1. The summed E-state index contributed by atoms with van der Waals surface area (Å²) in [5.74, 6) is 0.117. The molecule has 0 saturated heterocycles. The summed E-state index contributed by atoms with van der Waals surface area (Å²) in [5, 5.41) is 12.3. The molecule has 22 heavy (non-hydrogen) atoms. The standard InChI is InChI=1S/C16H15F2N3O/c1-10-7-14(13(8-19)11(2)21-10)20-9-12-5-3-4-6-15(12)22-16(17)18/h3-7,16H,9H2,1-2H3,(H,20,21). The summed E-state index contributed by atoms with van der Waals surface area (Å²) >= 11 is 0. The summed E-state index contributed by atoms with van der Waals surface area (Å²) < 4.78 is 29.3. The number of nitriles is 1. The number of nitrogens with one attached hydrogen (secondary N) is 1. The Morgan fingerprint density at radius 3 is 2.73 bits per heavy atom. The molecule has 1 N–H and O–H groups in total. The predicted molar refractivity (Wildman–Crippen MR) is 78.8 cm³/mol. The molecule has 0 fully saturated rings. The highest BCUT2D eigenvalue weighted by Crippen LogP contribution is 2.24. The predicted octanol–water partition coefficient (Wildman–Crippen LogP) is 3.78. The Bertz CT molecular complexity index is 711. The third kappa shape index (κ3) is 3.70. The summed E-state index contributed by atoms with van der Waals surface area (Å²) in [6, 6.07) is 10.4. The van der Waals surface area contributed by atoms with Gasteiger partial charge in [0.15, 0.2) is 0 Å². The van der Waals surface area contributed by atoms with Crippen LogP contribution in [0.1, 0.15) is 22.5 Å². The number of aryl methyl sites for hydroxylation is 2. The number of halogens is 2. The molecule has 4 nitrogen and oxygen atoms in total. The van der Waals surface area contributed by atoms with E-state index < -0.39 is 6.61 Å². The van der Waals surface area contributed by atoms with Crippen LogP contribution in [0.3, 0.4) is 0 Å². The third-order valence-corrected chi connectivity index (χ3v) is 3.10. The normalized spacial score (nSPS) is 10.4. The number of aromatic nitrogens is 1. The van der Waals surface area contributed by atoms with Gasteiger partial charge >= 0.3 is 6.61 Å². The largest absolute Gasteiger partial charge is 0.434 e. The molecule has 0 saturated carbocycles. The Morgan fingerprint density at radius 2 is 2.05 bits per heavy atom. The minimum Gasteiger partial charge on any atom is -0.434 e. The van der Waals surface area contributed by atoms with Gasteiger partial charge in [0, 0.05) is 17.8 Å². The Morgan fingerprint density at radius 1 is 1.32 bits per heavy atom. The molecule has 0 aliphatic rings. The zero-order valence-corrected chi connectivity index (χ0v) is 12.2. The first kappa shape index (κ1) is 15.7. The Kier molecular flexibility index (Phi) is 4.89. The molecule has 1 aromatic carbocycles. The maximum Gasteiger partial charge on any atom is 0.387 e. The molecule has 1 aromatic heterocycles. The van der Waals surface area contributed by atoms with Crippen LogP contribution >= 0.6 is 0 Å². The van der Waals surface area contributed by atoms with Crippen LogP contribution in [0, 0.1) is 25.2 Å². The molecule has 0 aliphatic heterocycles. The van der Waals surface area contributed by atoms with E-state index in [0.29, 0.717) is 22.5 Å². The second kappa shape index (κ2) is 6.85. The van der Waals surface area contributed by atoms with E-state index in [1.165, 1.54) is 6.07 Å². The van der Waals surface area contributed by atoms with Crippen molar-refractivity contribution in [3.05, 3.63) is 52.8 Å². The molecule has 0 radical (unpaired) electrons. The lowest BCUT2D eigenvalue weighted by Gasteiger charge is -2.14. The van der Waals surface area contributed by atoms with Crippen LogP contribution in [0.15, 0.2) is 30.3 Å². The van der Waals surface area contributed by atoms with Crippen LogP contribution < -0.4 is 10.1 Å². The quantitative estimate of drug-likeness (QED) is 0.913. The maximum atomic E-state index is 12.4. The van der Waals surface area contributed by atoms with E-state index in [9.17, 15) is 14.0 Å². The topological polar surface area (TPSA) is 57.9 Å². The summed E-state index contributed by atoms with van der Waals surface area (Å²) in [5.41, 5.74) is 3.05. The molecular formula is C16H15F2N3O. The van der Waals surface area contributed by atoms with Gasteiger partial charge in [-0.1, -0.05) is 18.2 Å². The SMILES string of the molecule is Cc1cc(NCc2ccccc2OC(F)F)c(C#N)c(C)n1. The first-order valence-corrected chi connectivity index (χ1v) is 6.66. The molecular weight excluding hydrogens is 288 g/mol. The molecule has 0 aliphatic carbocycles. The number of benzene rings is 1. The number of pyridine rings is 1. The van der Waals surface area contributed by atoms with E-state index in [1.807, 2.05) is 6.92 Å². The Hall–Kier alpha value is -2.68. The highest BCUT2D eigenvalue weighted by molar-refractivity contribution is 5.60. The summed E-state index contributed by atoms with van der Waals surface area (Å²) in [6.07, 6.45) is 0. The summed E-state index contributed by atoms with van der Waals surface area (Å²) in [6.45, 7) is 0.972. The lowest BCUT2D eigenvalue weighted by Crippen LogP contribution is -2.08. The van der Waals surface area contributed by atoms with Crippen molar-refractivity contribution in [2.24, 2.45) is 0 Å². The van der Waals surface area contributed by atoms with E-state index in [-0.39, 0.29) is 12.3 Å². The zero-order chi connectivity index (χ0) is 16.1. The third-order valence-electron chi connectivity index (χ3n) is 3.10. The van der Waals surface area contributed by atoms with Gasteiger partial charge in [0.25, 0.3) is 0 Å². The van der Waals surface area contributed by atoms with Gasteiger partial charge in [0.1, 0.15) is 11.8 Å². The van der Waals surface area contributed by atoms with Crippen molar-refractivity contribution in [2.45, 2.75) is 27.0 Å². The maximum absolute atomic E-state index is 12.4. The molecule has 0 spiro atoms. The van der Waals surface area contributed by atoms with Crippen LogP contribution in [0.2, 0.25) is 0 Å². The van der Waals surface area contributed by atoms with Crippen molar-refractivity contribution in [3.8, 4) is 11.8 Å². The fourth-order valence-electron chi connectivity index (χ4n) is 2.16. The van der Waals surface area contributed by atoms with Crippen molar-refractivity contribution in [1.29, 1.82) is 5.26 Å². The van der Waals surface area contributed by atoms with Gasteiger partial charge in [-0.2, -0.15) is 14.0 Å². The molecule has 2 rings (SSSR count). The van der Waals surface area contributed by atoms with E-state index in [0.717, 1.165) is 5.69 Å². The van der Waals surface area contributed by atoms with Gasteiger partial charge in [0.2, 0.25) is 0 Å². The number of ether oxygens (including phenoxy) is 1. The lowest BCUT2D eigenvalue weighted by atomic mass is 10.1. The first-order valence-electron chi connectivity index (χ1n) is 6.66.